The van der Waals surface area contributed by atoms with E-state index >= 15 is 0 Å². The maximum Gasteiger partial charge on any atom is 0.330 e. The number of benzene rings is 1. The highest BCUT2D eigenvalue weighted by atomic mass is 16.5. The topological polar surface area (TPSA) is 81.9 Å². The minimum Gasteiger partial charge on any atom is -0.492 e. The fourth-order valence-electron chi connectivity index (χ4n) is 2.56. The Morgan fingerprint density at radius 3 is 2.71 bits per heavy atom. The molecule has 1 aromatic carbocycles. The van der Waals surface area contributed by atoms with E-state index in [-0.39, 0.29) is 24.8 Å². The summed E-state index contributed by atoms with van der Waals surface area (Å²) in [5, 5.41) is 0. The molecule has 0 bridgehead atoms. The molecule has 0 saturated heterocycles. The molecule has 0 saturated carbocycles. The van der Waals surface area contributed by atoms with Crippen LogP contribution in [0.5, 0.6) is 5.75 Å². The van der Waals surface area contributed by atoms with Crippen LogP contribution in [-0.4, -0.2) is 25.7 Å². The van der Waals surface area contributed by atoms with Crippen molar-refractivity contribution in [3.8, 4) is 5.75 Å². The number of ether oxygens (including phenoxy) is 1. The summed E-state index contributed by atoms with van der Waals surface area (Å²) in [6.07, 6.45) is 2.46. The lowest BCUT2D eigenvalue weighted by Crippen LogP contribution is -2.37. The first kappa shape index (κ1) is 16.0. The number of aromatic nitrogens is 4. The van der Waals surface area contributed by atoms with Gasteiger partial charge in [0.2, 0.25) is 0 Å². The third-order valence-corrected chi connectivity index (χ3v) is 4.10. The number of fused-ring (bicyclic) bond motifs is 1. The largest absolute Gasteiger partial charge is 0.492 e. The second-order valence-corrected chi connectivity index (χ2v) is 5.65. The SMILES string of the molecule is CCC(C)n1cnc2[nH]c(=O)n(CCOc3ccccc3)c(=O)c21. The molecule has 24 heavy (non-hydrogen) atoms. The van der Waals surface area contributed by atoms with E-state index in [1.165, 1.54) is 0 Å². The number of aromatic amines is 1. The quantitative estimate of drug-likeness (QED) is 0.749. The van der Waals surface area contributed by atoms with Gasteiger partial charge in [-0.15, -0.1) is 0 Å². The van der Waals surface area contributed by atoms with Crippen LogP contribution in [0.2, 0.25) is 0 Å². The summed E-state index contributed by atoms with van der Waals surface area (Å²) < 4.78 is 8.54. The van der Waals surface area contributed by atoms with E-state index in [1.54, 1.807) is 6.33 Å². The van der Waals surface area contributed by atoms with Gasteiger partial charge in [-0.1, -0.05) is 25.1 Å². The summed E-state index contributed by atoms with van der Waals surface area (Å²) in [6.45, 7) is 4.45. The molecule has 2 aromatic heterocycles. The Morgan fingerprint density at radius 2 is 2.00 bits per heavy atom. The van der Waals surface area contributed by atoms with Crippen molar-refractivity contribution in [2.75, 3.05) is 6.61 Å². The van der Waals surface area contributed by atoms with Crippen molar-refractivity contribution in [1.82, 2.24) is 19.1 Å². The Morgan fingerprint density at radius 1 is 1.25 bits per heavy atom. The monoisotopic (exact) mass is 328 g/mol. The summed E-state index contributed by atoms with van der Waals surface area (Å²) >= 11 is 0. The predicted molar refractivity (Wildman–Crippen MR) is 91.6 cm³/mol. The molecule has 3 rings (SSSR count). The van der Waals surface area contributed by atoms with Crippen LogP contribution in [0.3, 0.4) is 0 Å². The zero-order valence-corrected chi connectivity index (χ0v) is 13.7. The van der Waals surface area contributed by atoms with Crippen molar-refractivity contribution < 1.29 is 4.74 Å². The van der Waals surface area contributed by atoms with Crippen LogP contribution >= 0.6 is 0 Å². The molecule has 1 unspecified atom stereocenters. The van der Waals surface area contributed by atoms with Crippen molar-refractivity contribution >= 4 is 11.2 Å². The Labute approximate surface area is 138 Å². The lowest BCUT2D eigenvalue weighted by atomic mass is 10.2. The molecule has 0 spiro atoms. The number of rotatable bonds is 6. The highest BCUT2D eigenvalue weighted by Gasteiger charge is 2.15. The maximum atomic E-state index is 12.7. The minimum absolute atomic E-state index is 0.127. The first-order valence-corrected chi connectivity index (χ1v) is 7.99. The first-order chi connectivity index (χ1) is 11.6. The Bertz CT molecular complexity index is 940. The smallest absolute Gasteiger partial charge is 0.330 e. The predicted octanol–water partition coefficient (Wildman–Crippen LogP) is 1.94. The minimum atomic E-state index is -0.474. The third-order valence-electron chi connectivity index (χ3n) is 4.10. The highest BCUT2D eigenvalue weighted by Crippen LogP contribution is 2.14. The third kappa shape index (κ3) is 2.97. The second kappa shape index (κ2) is 6.74. The zero-order chi connectivity index (χ0) is 17.1. The van der Waals surface area contributed by atoms with Crippen LogP contribution in [0.15, 0.2) is 46.2 Å². The van der Waals surface area contributed by atoms with Crippen molar-refractivity contribution in [1.29, 1.82) is 0 Å². The van der Waals surface area contributed by atoms with E-state index in [9.17, 15) is 9.59 Å². The van der Waals surface area contributed by atoms with Crippen molar-refractivity contribution in [2.24, 2.45) is 0 Å². The highest BCUT2D eigenvalue weighted by molar-refractivity contribution is 5.69. The molecule has 1 atom stereocenters. The van der Waals surface area contributed by atoms with Crippen LogP contribution in [0, 0.1) is 0 Å². The number of nitrogens with zero attached hydrogens (tertiary/aromatic N) is 3. The fraction of sp³-hybridized carbons (Fsp3) is 0.353. The van der Waals surface area contributed by atoms with Gasteiger partial charge in [-0.25, -0.2) is 9.78 Å². The molecule has 0 aliphatic rings. The molecule has 0 aliphatic heterocycles. The van der Waals surface area contributed by atoms with Gasteiger partial charge in [0, 0.05) is 6.04 Å². The van der Waals surface area contributed by atoms with Crippen LogP contribution in [0.4, 0.5) is 0 Å². The van der Waals surface area contributed by atoms with E-state index in [1.807, 2.05) is 48.7 Å². The van der Waals surface area contributed by atoms with Gasteiger partial charge in [0.1, 0.15) is 12.4 Å². The number of nitrogens with one attached hydrogen (secondary N) is 1. The van der Waals surface area contributed by atoms with E-state index in [0.29, 0.717) is 16.9 Å². The number of hydrogen-bond donors (Lipinski definition) is 1. The van der Waals surface area contributed by atoms with Gasteiger partial charge in [-0.3, -0.25) is 14.3 Å². The first-order valence-electron chi connectivity index (χ1n) is 7.99. The Kier molecular flexibility index (Phi) is 4.50. The van der Waals surface area contributed by atoms with Crippen LogP contribution in [-0.2, 0) is 6.54 Å². The molecule has 2 heterocycles. The average Bonchev–Trinajstić information content (AvgIpc) is 3.02. The molecule has 7 heteroatoms. The van der Waals surface area contributed by atoms with Crippen molar-refractivity contribution in [3.05, 3.63) is 57.5 Å². The summed E-state index contributed by atoms with van der Waals surface area (Å²) in [5.41, 5.74) is -0.0732. The Balaban J connectivity index is 1.90. The van der Waals surface area contributed by atoms with Gasteiger partial charge in [-0.05, 0) is 25.5 Å². The zero-order valence-electron chi connectivity index (χ0n) is 13.7. The number of para-hydroxylation sites is 1. The average molecular weight is 328 g/mol. The van der Waals surface area contributed by atoms with E-state index in [0.717, 1.165) is 11.0 Å². The molecule has 1 N–H and O–H groups in total. The molecular weight excluding hydrogens is 308 g/mol. The van der Waals surface area contributed by atoms with Gasteiger partial charge in [0.05, 0.1) is 12.9 Å². The maximum absolute atomic E-state index is 12.7. The molecule has 0 radical (unpaired) electrons. The van der Waals surface area contributed by atoms with Crippen LogP contribution < -0.4 is 16.0 Å². The molecule has 0 amide bonds. The van der Waals surface area contributed by atoms with Crippen molar-refractivity contribution in [2.45, 2.75) is 32.9 Å². The van der Waals surface area contributed by atoms with E-state index in [2.05, 4.69) is 9.97 Å². The number of H-pyrrole nitrogens is 1. The van der Waals surface area contributed by atoms with Gasteiger partial charge < -0.3 is 9.30 Å². The molecule has 126 valence electrons. The summed E-state index contributed by atoms with van der Waals surface area (Å²) in [6, 6.07) is 9.41. The van der Waals surface area contributed by atoms with E-state index in [4.69, 9.17) is 4.74 Å². The van der Waals surface area contributed by atoms with Gasteiger partial charge in [0.25, 0.3) is 5.56 Å². The molecular formula is C17H20N4O3. The Hall–Kier alpha value is -2.83. The number of imidazole rings is 1. The molecule has 0 aliphatic carbocycles. The summed E-state index contributed by atoms with van der Waals surface area (Å²) in [7, 11) is 0. The fourth-order valence-corrected chi connectivity index (χ4v) is 2.56. The lowest BCUT2D eigenvalue weighted by molar-refractivity contribution is 0.294. The second-order valence-electron chi connectivity index (χ2n) is 5.65. The van der Waals surface area contributed by atoms with Gasteiger partial charge >= 0.3 is 5.69 Å². The normalized spacial score (nSPS) is 12.4. The van der Waals surface area contributed by atoms with Gasteiger partial charge in [0.15, 0.2) is 11.2 Å². The summed E-state index contributed by atoms with van der Waals surface area (Å²) in [5.74, 6) is 0.702. The standard InChI is InChI=1S/C17H20N4O3/c1-3-12(2)21-11-18-15-14(21)16(22)20(17(23)19-15)9-10-24-13-7-5-4-6-8-13/h4-8,11-12H,3,9-10H2,1-2H3,(H,19,23). The van der Waals surface area contributed by atoms with Crippen LogP contribution in [0.25, 0.3) is 11.2 Å². The van der Waals surface area contributed by atoms with E-state index < -0.39 is 5.69 Å². The van der Waals surface area contributed by atoms with Crippen LogP contribution in [0.1, 0.15) is 26.3 Å². The van der Waals surface area contributed by atoms with Gasteiger partial charge in [-0.2, -0.15) is 0 Å². The lowest BCUT2D eigenvalue weighted by Gasteiger charge is -2.12. The number of hydrogen-bond acceptors (Lipinski definition) is 4. The molecule has 7 nitrogen and oxygen atoms in total. The summed E-state index contributed by atoms with van der Waals surface area (Å²) in [4.78, 5) is 31.7. The molecule has 0 fully saturated rings. The van der Waals surface area contributed by atoms with Crippen molar-refractivity contribution in [3.63, 3.8) is 0 Å². The molecule has 3 aromatic rings.